The van der Waals surface area contributed by atoms with E-state index in [1.807, 2.05) is 20.8 Å². The molecule has 1 N–H and O–H groups in total. The summed E-state index contributed by atoms with van der Waals surface area (Å²) in [7, 11) is 0. The van der Waals surface area contributed by atoms with Gasteiger partial charge in [-0.1, -0.05) is 80.1 Å². The summed E-state index contributed by atoms with van der Waals surface area (Å²) in [6.07, 6.45) is 10.8. The number of ketones is 1. The first-order valence-electron chi connectivity index (χ1n) is 9.82. The summed E-state index contributed by atoms with van der Waals surface area (Å²) in [5, 5.41) is 3.01. The van der Waals surface area contributed by atoms with Gasteiger partial charge in [0.15, 0.2) is 0 Å². The molecule has 0 rings (SSSR count). The second-order valence-electron chi connectivity index (χ2n) is 9.34. The number of nitrogens with one attached hydrogen (secondary N) is 1. The Labute approximate surface area is 150 Å². The van der Waals surface area contributed by atoms with E-state index in [0.717, 1.165) is 25.8 Å². The Morgan fingerprint density at radius 3 is 1.62 bits per heavy atom. The Morgan fingerprint density at radius 1 is 0.708 bits per heavy atom. The Hall–Kier alpha value is -0.860. The number of carbonyl (C=O) groups is 2. The molecule has 0 fully saturated rings. The van der Waals surface area contributed by atoms with Gasteiger partial charge in [-0.25, -0.2) is 0 Å². The van der Waals surface area contributed by atoms with Gasteiger partial charge in [0.05, 0.1) is 0 Å². The summed E-state index contributed by atoms with van der Waals surface area (Å²) in [6.45, 7) is 13.1. The molecule has 3 heteroatoms. The van der Waals surface area contributed by atoms with Crippen LogP contribution in [0.3, 0.4) is 0 Å². The zero-order valence-corrected chi connectivity index (χ0v) is 17.1. The number of unbranched alkanes of at least 4 members (excludes halogenated alkanes) is 7. The Kier molecular flexibility index (Phi) is 11.2. The molecule has 0 aliphatic heterocycles. The van der Waals surface area contributed by atoms with Crippen LogP contribution in [0.15, 0.2) is 0 Å². The third-order valence-electron chi connectivity index (χ3n) is 4.18. The fourth-order valence-electron chi connectivity index (χ4n) is 2.62. The van der Waals surface area contributed by atoms with Gasteiger partial charge in [-0.15, -0.1) is 0 Å². The van der Waals surface area contributed by atoms with Crippen LogP contribution in [0.1, 0.15) is 106 Å². The fraction of sp³-hybridized carbons (Fsp3) is 0.905. The topological polar surface area (TPSA) is 46.2 Å². The molecule has 0 saturated carbocycles. The second-order valence-corrected chi connectivity index (χ2v) is 9.34. The maximum absolute atomic E-state index is 11.8. The lowest BCUT2D eigenvalue weighted by atomic mass is 9.88. The molecule has 1 amide bonds. The van der Waals surface area contributed by atoms with Crippen LogP contribution in [0.4, 0.5) is 0 Å². The smallest absolute Gasteiger partial charge is 0.220 e. The van der Waals surface area contributed by atoms with Gasteiger partial charge in [0.2, 0.25) is 5.91 Å². The molecule has 3 nitrogen and oxygen atoms in total. The molecule has 0 aromatic rings. The molecule has 0 unspecified atom stereocenters. The van der Waals surface area contributed by atoms with Crippen molar-refractivity contribution in [3.8, 4) is 0 Å². The van der Waals surface area contributed by atoms with Crippen LogP contribution in [0.2, 0.25) is 0 Å². The van der Waals surface area contributed by atoms with Crippen molar-refractivity contribution in [2.24, 2.45) is 10.8 Å². The van der Waals surface area contributed by atoms with Gasteiger partial charge in [0, 0.05) is 24.8 Å². The molecule has 0 atom stereocenters. The lowest BCUT2D eigenvalue weighted by molar-refractivity contribution is -0.126. The highest BCUT2D eigenvalue weighted by Crippen LogP contribution is 2.19. The number of rotatable bonds is 12. The van der Waals surface area contributed by atoms with Crippen LogP contribution in [0.25, 0.3) is 0 Å². The van der Waals surface area contributed by atoms with E-state index in [2.05, 4.69) is 26.1 Å². The maximum Gasteiger partial charge on any atom is 0.220 e. The average Bonchev–Trinajstić information content (AvgIpc) is 2.41. The monoisotopic (exact) mass is 339 g/mol. The summed E-state index contributed by atoms with van der Waals surface area (Å²) in [5.41, 5.74) is -0.107. The first kappa shape index (κ1) is 23.1. The number of amides is 1. The van der Waals surface area contributed by atoms with Gasteiger partial charge in [0.25, 0.3) is 0 Å². The van der Waals surface area contributed by atoms with E-state index in [1.54, 1.807) is 0 Å². The van der Waals surface area contributed by atoms with E-state index < -0.39 is 0 Å². The van der Waals surface area contributed by atoms with Crippen molar-refractivity contribution in [2.45, 2.75) is 106 Å². The zero-order chi connectivity index (χ0) is 18.6. The summed E-state index contributed by atoms with van der Waals surface area (Å²) in [4.78, 5) is 23.5. The van der Waals surface area contributed by atoms with E-state index in [9.17, 15) is 9.59 Å². The predicted octanol–water partition coefficient (Wildman–Crippen LogP) is 5.66. The van der Waals surface area contributed by atoms with Crippen LogP contribution >= 0.6 is 0 Å². The van der Waals surface area contributed by atoms with Gasteiger partial charge < -0.3 is 5.32 Å². The quantitative estimate of drug-likeness (QED) is 0.466. The molecular weight excluding hydrogens is 298 g/mol. The molecule has 0 aliphatic rings. The summed E-state index contributed by atoms with van der Waals surface area (Å²) in [6, 6.07) is 0. The minimum absolute atomic E-state index is 0.0710. The van der Waals surface area contributed by atoms with Crippen molar-refractivity contribution < 1.29 is 9.59 Å². The van der Waals surface area contributed by atoms with E-state index in [1.165, 1.54) is 38.5 Å². The van der Waals surface area contributed by atoms with Crippen LogP contribution in [-0.4, -0.2) is 18.2 Å². The molecule has 142 valence electrons. The Bertz CT molecular complexity index is 361. The molecule has 0 spiro atoms. The highest BCUT2D eigenvalue weighted by Gasteiger charge is 2.19. The van der Waals surface area contributed by atoms with Crippen molar-refractivity contribution in [1.29, 1.82) is 0 Å². The zero-order valence-electron chi connectivity index (χ0n) is 17.1. The van der Waals surface area contributed by atoms with E-state index in [0.29, 0.717) is 12.2 Å². The average molecular weight is 340 g/mol. The molecule has 0 bridgehead atoms. The van der Waals surface area contributed by atoms with Crippen LogP contribution in [-0.2, 0) is 9.59 Å². The van der Waals surface area contributed by atoms with Crippen molar-refractivity contribution >= 4 is 11.7 Å². The van der Waals surface area contributed by atoms with Gasteiger partial charge in [0.1, 0.15) is 5.78 Å². The van der Waals surface area contributed by atoms with Crippen molar-refractivity contribution in [3.05, 3.63) is 0 Å². The first-order chi connectivity index (χ1) is 11.0. The Morgan fingerprint density at radius 2 is 1.17 bits per heavy atom. The fourth-order valence-corrected chi connectivity index (χ4v) is 2.62. The Balaban J connectivity index is 3.35. The first-order valence-corrected chi connectivity index (χ1v) is 9.82. The number of Topliss-reactive ketones (excluding diaryl/α,β-unsaturated/α-hetero) is 1. The largest absolute Gasteiger partial charge is 0.356 e. The minimum Gasteiger partial charge on any atom is -0.356 e. The van der Waals surface area contributed by atoms with Crippen molar-refractivity contribution in [2.75, 3.05) is 6.54 Å². The summed E-state index contributed by atoms with van der Waals surface area (Å²) >= 11 is 0. The third kappa shape index (κ3) is 14.7. The molecule has 0 saturated heterocycles. The number of hydrogen-bond acceptors (Lipinski definition) is 2. The number of carbonyl (C=O) groups excluding carboxylic acids is 2. The van der Waals surface area contributed by atoms with Crippen molar-refractivity contribution in [3.63, 3.8) is 0 Å². The van der Waals surface area contributed by atoms with E-state index in [-0.39, 0.29) is 16.7 Å². The molecule has 0 aliphatic carbocycles. The van der Waals surface area contributed by atoms with Crippen molar-refractivity contribution in [1.82, 2.24) is 5.32 Å². The van der Waals surface area contributed by atoms with E-state index in [4.69, 9.17) is 0 Å². The normalized spacial score (nSPS) is 12.2. The molecule has 0 aromatic heterocycles. The van der Waals surface area contributed by atoms with Gasteiger partial charge in [-0.2, -0.15) is 0 Å². The molecule has 0 radical (unpaired) electrons. The maximum atomic E-state index is 11.8. The van der Waals surface area contributed by atoms with Gasteiger partial charge in [-0.3, -0.25) is 9.59 Å². The number of hydrogen-bond donors (Lipinski definition) is 1. The highest BCUT2D eigenvalue weighted by atomic mass is 16.1. The van der Waals surface area contributed by atoms with Gasteiger partial charge >= 0.3 is 0 Å². The van der Waals surface area contributed by atoms with Crippen LogP contribution in [0.5, 0.6) is 0 Å². The van der Waals surface area contributed by atoms with Gasteiger partial charge in [-0.05, 0) is 18.3 Å². The summed E-state index contributed by atoms with van der Waals surface area (Å²) in [5.74, 6) is 0.559. The third-order valence-corrected chi connectivity index (χ3v) is 4.18. The minimum atomic E-state index is -0.178. The second kappa shape index (κ2) is 11.7. The van der Waals surface area contributed by atoms with Crippen LogP contribution < -0.4 is 5.32 Å². The molecule has 0 heterocycles. The molecule has 24 heavy (non-hydrogen) atoms. The summed E-state index contributed by atoms with van der Waals surface area (Å²) < 4.78 is 0. The standard InChI is InChI=1S/C21H41NO2/c1-20(2,3)17-19(24)22-16-14-12-10-8-7-9-11-13-15-18(23)21(4,5)6/h7-17H2,1-6H3,(H,22,24). The lowest BCUT2D eigenvalue weighted by Crippen LogP contribution is -2.28. The lowest BCUT2D eigenvalue weighted by Gasteiger charge is -2.17. The van der Waals surface area contributed by atoms with Crippen LogP contribution in [0, 0.1) is 10.8 Å². The van der Waals surface area contributed by atoms with E-state index >= 15 is 0 Å². The molecule has 0 aromatic carbocycles. The highest BCUT2D eigenvalue weighted by molar-refractivity contribution is 5.83. The SMILES string of the molecule is CC(C)(C)CC(=O)NCCCCCCCCCCC(=O)C(C)(C)C. The predicted molar refractivity (Wildman–Crippen MR) is 103 cm³/mol. The molecular formula is C21H41NO2.